The van der Waals surface area contributed by atoms with Gasteiger partial charge >= 0.3 is 11.9 Å². The second-order valence-electron chi connectivity index (χ2n) is 9.06. The molecule has 3 rings (SSSR count). The molecule has 1 saturated heterocycles. The molecule has 177 valence electrons. The fraction of sp³-hybridized carbons (Fsp3) is 0.667. The lowest BCUT2D eigenvalue weighted by molar-refractivity contribution is -0.141. The molecule has 1 aliphatic carbocycles. The van der Waals surface area contributed by atoms with Gasteiger partial charge in [0.25, 0.3) is 5.92 Å². The lowest BCUT2D eigenvalue weighted by atomic mass is 9.86. The molecule has 0 amide bonds. The van der Waals surface area contributed by atoms with Gasteiger partial charge in [0.05, 0.1) is 12.0 Å². The maximum atomic E-state index is 14.9. The van der Waals surface area contributed by atoms with Crippen molar-refractivity contribution in [3.05, 3.63) is 35.9 Å². The van der Waals surface area contributed by atoms with E-state index in [9.17, 15) is 18.4 Å². The van der Waals surface area contributed by atoms with Crippen molar-refractivity contribution in [2.75, 3.05) is 0 Å². The summed E-state index contributed by atoms with van der Waals surface area (Å²) in [5, 5.41) is 0. The van der Waals surface area contributed by atoms with Crippen molar-refractivity contribution in [2.45, 2.75) is 89.2 Å². The molecule has 0 aromatic heterocycles. The van der Waals surface area contributed by atoms with Crippen LogP contribution in [0.5, 0.6) is 0 Å². The number of rotatable bonds is 11. The van der Waals surface area contributed by atoms with Gasteiger partial charge in [0.1, 0.15) is 18.3 Å². The normalized spacial score (nSPS) is 26.1. The Hall–Kier alpha value is -1.80. The molecule has 1 aliphatic heterocycles. The van der Waals surface area contributed by atoms with Crippen LogP contribution in [-0.2, 0) is 18.7 Å². The van der Waals surface area contributed by atoms with Crippen LogP contribution in [0.25, 0.3) is 0 Å². The number of carbonyl (C=O) groups is 2. The molecule has 5 nitrogen and oxygen atoms in total. The maximum absolute atomic E-state index is 14.9. The molecule has 2 aliphatic rings. The SMILES string of the molecule is CCCCC(F)(F)C(CC[C@H]1C(OC(=O)c2ccccc2)CC2OC(=O)CC21)O[Si](C)C. The summed E-state index contributed by atoms with van der Waals surface area (Å²) in [4.78, 5) is 24.5. The monoisotopic (exact) mass is 467 g/mol. The third-order valence-corrected chi connectivity index (χ3v) is 7.15. The van der Waals surface area contributed by atoms with Crippen molar-refractivity contribution in [3.8, 4) is 0 Å². The molecule has 1 heterocycles. The molecule has 1 aromatic carbocycles. The summed E-state index contributed by atoms with van der Waals surface area (Å²) in [6, 6.07) is 8.69. The van der Waals surface area contributed by atoms with Gasteiger partial charge in [-0.3, -0.25) is 4.79 Å². The number of alkyl halides is 2. The topological polar surface area (TPSA) is 61.8 Å². The van der Waals surface area contributed by atoms with E-state index in [1.165, 1.54) is 0 Å². The second-order valence-corrected chi connectivity index (χ2v) is 11.1. The Balaban J connectivity index is 1.71. The Morgan fingerprint density at radius 1 is 1.28 bits per heavy atom. The van der Waals surface area contributed by atoms with Crippen LogP contribution < -0.4 is 0 Å². The van der Waals surface area contributed by atoms with Crippen LogP contribution in [0.4, 0.5) is 8.78 Å². The highest BCUT2D eigenvalue weighted by Gasteiger charge is 2.52. The van der Waals surface area contributed by atoms with Crippen molar-refractivity contribution in [1.29, 1.82) is 0 Å². The Morgan fingerprint density at radius 3 is 2.66 bits per heavy atom. The Bertz CT molecular complexity index is 773. The highest BCUT2D eigenvalue weighted by atomic mass is 28.3. The van der Waals surface area contributed by atoms with Gasteiger partial charge in [0, 0.05) is 24.7 Å². The zero-order chi connectivity index (χ0) is 23.3. The lowest BCUT2D eigenvalue weighted by Gasteiger charge is -2.31. The summed E-state index contributed by atoms with van der Waals surface area (Å²) in [5.74, 6) is -3.95. The van der Waals surface area contributed by atoms with E-state index < -0.39 is 33.1 Å². The van der Waals surface area contributed by atoms with Crippen LogP contribution in [0.2, 0.25) is 13.1 Å². The van der Waals surface area contributed by atoms with Gasteiger partial charge < -0.3 is 13.9 Å². The van der Waals surface area contributed by atoms with Gasteiger partial charge in [0.2, 0.25) is 9.04 Å². The van der Waals surface area contributed by atoms with Crippen LogP contribution in [0.1, 0.15) is 62.2 Å². The van der Waals surface area contributed by atoms with Crippen molar-refractivity contribution < 1.29 is 32.3 Å². The molecule has 4 unspecified atom stereocenters. The number of fused-ring (bicyclic) bond motifs is 1. The smallest absolute Gasteiger partial charge is 0.338 e. The summed E-state index contributed by atoms with van der Waals surface area (Å²) >= 11 is 0. The molecule has 8 heteroatoms. The van der Waals surface area contributed by atoms with Gasteiger partial charge in [-0.05, 0) is 44.5 Å². The number of esters is 2. The molecular formula is C24H33F2O5Si. The van der Waals surface area contributed by atoms with Crippen LogP contribution in [0, 0.1) is 11.8 Å². The standard InChI is InChI=1S/C24H33F2O5Si/c1-4-5-13-24(25,26)21(31-32(2)3)12-11-17-18-14-22(27)29-20(18)15-19(17)30-23(28)16-9-7-6-8-10-16/h6-10,17-21H,4-5,11-15H2,1-3H3/t17-,18?,19?,20?,21?/m1/s1. The second kappa shape index (κ2) is 10.9. The van der Waals surface area contributed by atoms with Crippen LogP contribution in [0.3, 0.4) is 0 Å². The van der Waals surface area contributed by atoms with E-state index in [0.29, 0.717) is 31.2 Å². The first-order chi connectivity index (χ1) is 15.2. The largest absolute Gasteiger partial charge is 0.462 e. The van der Waals surface area contributed by atoms with E-state index in [1.54, 1.807) is 24.3 Å². The summed E-state index contributed by atoms with van der Waals surface area (Å²) in [5.41, 5.74) is 0.442. The van der Waals surface area contributed by atoms with E-state index in [-0.39, 0.29) is 43.2 Å². The molecule has 0 bridgehead atoms. The minimum Gasteiger partial charge on any atom is -0.462 e. The number of halogens is 2. The van der Waals surface area contributed by atoms with Gasteiger partial charge in [-0.1, -0.05) is 31.5 Å². The molecule has 2 fully saturated rings. The van der Waals surface area contributed by atoms with E-state index in [4.69, 9.17) is 13.9 Å². The van der Waals surface area contributed by atoms with Gasteiger partial charge in [-0.15, -0.1) is 0 Å². The predicted molar refractivity (Wildman–Crippen MR) is 118 cm³/mol. The first-order valence-electron chi connectivity index (χ1n) is 11.5. The zero-order valence-electron chi connectivity index (χ0n) is 19.0. The Kier molecular flexibility index (Phi) is 8.44. The molecule has 1 aromatic rings. The molecule has 0 N–H and O–H groups in total. The Labute approximate surface area is 190 Å². The molecule has 1 saturated carbocycles. The van der Waals surface area contributed by atoms with Crippen LogP contribution in [-0.4, -0.2) is 45.2 Å². The van der Waals surface area contributed by atoms with E-state index >= 15 is 0 Å². The lowest BCUT2D eigenvalue weighted by Crippen LogP contribution is -2.39. The average Bonchev–Trinajstić information content (AvgIpc) is 3.25. The third kappa shape index (κ3) is 6.16. The van der Waals surface area contributed by atoms with Crippen molar-refractivity contribution in [2.24, 2.45) is 11.8 Å². The molecular weight excluding hydrogens is 434 g/mol. The van der Waals surface area contributed by atoms with E-state index in [2.05, 4.69) is 0 Å². The first-order valence-corrected chi connectivity index (χ1v) is 13.9. The minimum atomic E-state index is -2.91. The fourth-order valence-electron chi connectivity index (χ4n) is 4.83. The van der Waals surface area contributed by atoms with Crippen molar-refractivity contribution in [1.82, 2.24) is 0 Å². The fourth-order valence-corrected chi connectivity index (χ4v) is 5.69. The van der Waals surface area contributed by atoms with Gasteiger partial charge in [-0.25, -0.2) is 13.6 Å². The van der Waals surface area contributed by atoms with E-state index in [0.717, 1.165) is 0 Å². The number of hydrogen-bond donors (Lipinski definition) is 0. The van der Waals surface area contributed by atoms with E-state index in [1.807, 2.05) is 26.1 Å². The highest BCUT2D eigenvalue weighted by Crippen LogP contribution is 2.46. The maximum Gasteiger partial charge on any atom is 0.338 e. The molecule has 32 heavy (non-hydrogen) atoms. The third-order valence-electron chi connectivity index (χ3n) is 6.40. The number of benzene rings is 1. The van der Waals surface area contributed by atoms with Crippen molar-refractivity contribution >= 4 is 21.0 Å². The number of ether oxygens (including phenoxy) is 2. The highest BCUT2D eigenvalue weighted by molar-refractivity contribution is 6.48. The summed E-state index contributed by atoms with van der Waals surface area (Å²) in [6.45, 7) is 5.60. The average molecular weight is 468 g/mol. The molecule has 0 spiro atoms. The molecule has 1 radical (unpaired) electrons. The summed E-state index contributed by atoms with van der Waals surface area (Å²) in [6.07, 6.45) is 0.186. The minimum absolute atomic E-state index is 0.117. The summed E-state index contributed by atoms with van der Waals surface area (Å²) in [7, 11) is -1.32. The van der Waals surface area contributed by atoms with Crippen LogP contribution in [0.15, 0.2) is 30.3 Å². The van der Waals surface area contributed by atoms with Gasteiger partial charge in [-0.2, -0.15) is 0 Å². The number of hydrogen-bond acceptors (Lipinski definition) is 5. The first kappa shape index (κ1) is 24.8. The number of carbonyl (C=O) groups excluding carboxylic acids is 2. The number of unbranched alkanes of at least 4 members (excludes halogenated alkanes) is 1. The zero-order valence-corrected chi connectivity index (χ0v) is 20.0. The molecule has 5 atom stereocenters. The quantitative estimate of drug-likeness (QED) is 0.322. The van der Waals surface area contributed by atoms with Crippen LogP contribution >= 0.6 is 0 Å². The Morgan fingerprint density at radius 2 is 2.00 bits per heavy atom. The van der Waals surface area contributed by atoms with Gasteiger partial charge in [0.15, 0.2) is 0 Å². The predicted octanol–water partition coefficient (Wildman–Crippen LogP) is 5.41. The van der Waals surface area contributed by atoms with Crippen molar-refractivity contribution in [3.63, 3.8) is 0 Å². The summed E-state index contributed by atoms with van der Waals surface area (Å²) < 4.78 is 46.7.